The number of amides is 1. The van der Waals surface area contributed by atoms with Crippen LogP contribution in [0, 0.1) is 10.8 Å². The van der Waals surface area contributed by atoms with Gasteiger partial charge in [0.15, 0.2) is 0 Å². The van der Waals surface area contributed by atoms with Crippen LogP contribution in [0.25, 0.3) is 0 Å². The molecule has 1 amide bonds. The molecule has 0 aromatic carbocycles. The summed E-state index contributed by atoms with van der Waals surface area (Å²) in [4.78, 5) is 11.4. The van der Waals surface area contributed by atoms with Gasteiger partial charge in [-0.05, 0) is 42.9 Å². The quantitative estimate of drug-likeness (QED) is 0.597. The number of rotatable bonds is 10. The van der Waals surface area contributed by atoms with Crippen LogP contribution in [0.15, 0.2) is 0 Å². The van der Waals surface area contributed by atoms with E-state index < -0.39 is 0 Å². The average molecular weight is 301 g/mol. The molecule has 2 N–H and O–H groups in total. The summed E-state index contributed by atoms with van der Waals surface area (Å²) in [7, 11) is 0. The second-order valence-electron chi connectivity index (χ2n) is 7.86. The first kappa shape index (κ1) is 20.2. The van der Waals surface area contributed by atoms with Gasteiger partial charge in [0, 0.05) is 13.2 Å². The Morgan fingerprint density at radius 2 is 1.62 bits per heavy atom. The third-order valence-electron chi connectivity index (χ3n) is 3.53. The van der Waals surface area contributed by atoms with E-state index in [2.05, 4.69) is 26.1 Å². The van der Waals surface area contributed by atoms with E-state index in [1.54, 1.807) is 0 Å². The summed E-state index contributed by atoms with van der Waals surface area (Å²) < 4.78 is 5.14. The SMILES string of the molecule is CC(C)(C)CCCCOC(=O)NCCCCC(C)(C)CO. The van der Waals surface area contributed by atoms with Crippen LogP contribution in [-0.4, -0.2) is 31.0 Å². The number of carbonyl (C=O) groups is 1. The van der Waals surface area contributed by atoms with Gasteiger partial charge < -0.3 is 15.2 Å². The number of nitrogens with one attached hydrogen (secondary N) is 1. The van der Waals surface area contributed by atoms with Crippen molar-refractivity contribution in [2.75, 3.05) is 19.8 Å². The van der Waals surface area contributed by atoms with Gasteiger partial charge in [0.25, 0.3) is 0 Å². The summed E-state index contributed by atoms with van der Waals surface area (Å²) in [6.07, 6.45) is 5.74. The number of carbonyl (C=O) groups excluding carboxylic acids is 1. The largest absolute Gasteiger partial charge is 0.450 e. The van der Waals surface area contributed by atoms with Crippen LogP contribution < -0.4 is 5.32 Å². The molecule has 0 aromatic heterocycles. The van der Waals surface area contributed by atoms with E-state index in [-0.39, 0.29) is 18.1 Å². The Labute approximate surface area is 130 Å². The lowest BCUT2D eigenvalue weighted by atomic mass is 9.88. The van der Waals surface area contributed by atoms with Crippen LogP contribution in [-0.2, 0) is 4.74 Å². The molecule has 0 saturated carbocycles. The van der Waals surface area contributed by atoms with E-state index >= 15 is 0 Å². The highest BCUT2D eigenvalue weighted by molar-refractivity contribution is 5.66. The zero-order valence-corrected chi connectivity index (χ0v) is 14.6. The standard InChI is InChI=1S/C17H35NO3/c1-16(2,3)10-7-9-13-21-15(20)18-12-8-6-11-17(4,5)14-19/h19H,6-14H2,1-5H3,(H,18,20). The van der Waals surface area contributed by atoms with Gasteiger partial charge in [0.05, 0.1) is 6.61 Å². The third-order valence-corrected chi connectivity index (χ3v) is 3.53. The minimum absolute atomic E-state index is 0.0203. The molecule has 0 spiro atoms. The van der Waals surface area contributed by atoms with Gasteiger partial charge in [-0.15, -0.1) is 0 Å². The number of aliphatic hydroxyl groups excluding tert-OH is 1. The Bertz CT molecular complexity index is 282. The number of hydrogen-bond acceptors (Lipinski definition) is 3. The second kappa shape index (κ2) is 10.0. The molecule has 0 aromatic rings. The molecule has 126 valence electrons. The lowest BCUT2D eigenvalue weighted by Crippen LogP contribution is -2.26. The van der Waals surface area contributed by atoms with E-state index in [4.69, 9.17) is 9.84 Å². The summed E-state index contributed by atoms with van der Waals surface area (Å²) in [5.74, 6) is 0. The number of ether oxygens (including phenoxy) is 1. The van der Waals surface area contributed by atoms with E-state index in [1.807, 2.05) is 13.8 Å². The van der Waals surface area contributed by atoms with E-state index in [9.17, 15) is 4.79 Å². The molecule has 4 heteroatoms. The highest BCUT2D eigenvalue weighted by Gasteiger charge is 2.15. The summed E-state index contributed by atoms with van der Waals surface area (Å²) in [6, 6.07) is 0. The first-order valence-corrected chi connectivity index (χ1v) is 8.18. The van der Waals surface area contributed by atoms with Crippen molar-refractivity contribution in [3.05, 3.63) is 0 Å². The summed E-state index contributed by atoms with van der Waals surface area (Å²) in [5, 5.41) is 11.9. The molecule has 4 nitrogen and oxygen atoms in total. The summed E-state index contributed by atoms with van der Waals surface area (Å²) in [6.45, 7) is 12.1. The van der Waals surface area contributed by atoms with Gasteiger partial charge in [0.1, 0.15) is 0 Å². The molecule has 0 aliphatic carbocycles. The van der Waals surface area contributed by atoms with Gasteiger partial charge in [-0.2, -0.15) is 0 Å². The van der Waals surface area contributed by atoms with Crippen molar-refractivity contribution < 1.29 is 14.6 Å². The predicted molar refractivity (Wildman–Crippen MR) is 87.4 cm³/mol. The Morgan fingerprint density at radius 1 is 1.00 bits per heavy atom. The second-order valence-corrected chi connectivity index (χ2v) is 7.86. The Morgan fingerprint density at radius 3 is 2.19 bits per heavy atom. The van der Waals surface area contributed by atoms with E-state index in [0.29, 0.717) is 18.6 Å². The van der Waals surface area contributed by atoms with Crippen molar-refractivity contribution in [1.82, 2.24) is 5.32 Å². The first-order chi connectivity index (χ1) is 9.66. The normalized spacial score (nSPS) is 12.3. The molecule has 0 aliphatic rings. The van der Waals surface area contributed by atoms with Crippen LogP contribution >= 0.6 is 0 Å². The van der Waals surface area contributed by atoms with Gasteiger partial charge in [-0.1, -0.05) is 41.0 Å². The lowest BCUT2D eigenvalue weighted by Gasteiger charge is -2.21. The molecule has 0 unspecified atom stereocenters. The summed E-state index contributed by atoms with van der Waals surface area (Å²) in [5.41, 5.74) is 0.332. The van der Waals surface area contributed by atoms with Gasteiger partial charge in [0.2, 0.25) is 0 Å². The average Bonchev–Trinajstić information content (AvgIpc) is 2.36. The van der Waals surface area contributed by atoms with Crippen molar-refractivity contribution in [2.24, 2.45) is 10.8 Å². The first-order valence-electron chi connectivity index (χ1n) is 8.18. The molecule has 0 radical (unpaired) electrons. The number of unbranched alkanes of at least 4 members (excludes halogenated alkanes) is 2. The molecule has 0 atom stereocenters. The van der Waals surface area contributed by atoms with Crippen LogP contribution in [0.4, 0.5) is 4.79 Å². The van der Waals surface area contributed by atoms with Crippen molar-refractivity contribution >= 4 is 6.09 Å². The maximum atomic E-state index is 11.4. The molecule has 21 heavy (non-hydrogen) atoms. The monoisotopic (exact) mass is 301 g/mol. The lowest BCUT2D eigenvalue weighted by molar-refractivity contribution is 0.140. The highest BCUT2D eigenvalue weighted by Crippen LogP contribution is 2.22. The van der Waals surface area contributed by atoms with Crippen molar-refractivity contribution in [2.45, 2.75) is 73.1 Å². The number of hydrogen-bond donors (Lipinski definition) is 2. The summed E-state index contributed by atoms with van der Waals surface area (Å²) >= 11 is 0. The molecule has 0 fully saturated rings. The fourth-order valence-electron chi connectivity index (χ4n) is 1.97. The highest BCUT2D eigenvalue weighted by atomic mass is 16.5. The molecule has 0 rings (SSSR count). The number of alkyl carbamates (subject to hydrolysis) is 1. The maximum absolute atomic E-state index is 11.4. The zero-order chi connectivity index (χ0) is 16.4. The smallest absolute Gasteiger partial charge is 0.407 e. The molecule has 0 aliphatic heterocycles. The Balaban J connectivity index is 3.43. The predicted octanol–water partition coefficient (Wildman–Crippen LogP) is 4.12. The molecule has 0 bridgehead atoms. The fourth-order valence-corrected chi connectivity index (χ4v) is 1.97. The van der Waals surface area contributed by atoms with Crippen LogP contribution in [0.3, 0.4) is 0 Å². The minimum Gasteiger partial charge on any atom is -0.450 e. The number of aliphatic hydroxyl groups is 1. The topological polar surface area (TPSA) is 58.6 Å². The maximum Gasteiger partial charge on any atom is 0.407 e. The van der Waals surface area contributed by atoms with E-state index in [1.165, 1.54) is 0 Å². The molecular weight excluding hydrogens is 266 g/mol. The van der Waals surface area contributed by atoms with Crippen LogP contribution in [0.2, 0.25) is 0 Å². The van der Waals surface area contributed by atoms with E-state index in [0.717, 1.165) is 38.5 Å². The Hall–Kier alpha value is -0.770. The van der Waals surface area contributed by atoms with Crippen molar-refractivity contribution in [1.29, 1.82) is 0 Å². The molecular formula is C17H35NO3. The molecule has 0 saturated heterocycles. The van der Waals surface area contributed by atoms with Crippen molar-refractivity contribution in [3.63, 3.8) is 0 Å². The fraction of sp³-hybridized carbons (Fsp3) is 0.941. The van der Waals surface area contributed by atoms with Crippen LogP contribution in [0.5, 0.6) is 0 Å². The third kappa shape index (κ3) is 13.9. The molecule has 0 heterocycles. The minimum atomic E-state index is -0.313. The van der Waals surface area contributed by atoms with Crippen molar-refractivity contribution in [3.8, 4) is 0 Å². The van der Waals surface area contributed by atoms with Crippen LogP contribution in [0.1, 0.15) is 73.1 Å². The zero-order valence-electron chi connectivity index (χ0n) is 14.6. The van der Waals surface area contributed by atoms with Gasteiger partial charge in [-0.25, -0.2) is 4.79 Å². The Kier molecular flexibility index (Phi) is 9.67. The van der Waals surface area contributed by atoms with Gasteiger partial charge in [-0.3, -0.25) is 0 Å². The van der Waals surface area contributed by atoms with Gasteiger partial charge >= 0.3 is 6.09 Å².